The highest BCUT2D eigenvalue weighted by Crippen LogP contribution is 2.25. The summed E-state index contributed by atoms with van der Waals surface area (Å²) in [7, 11) is 0. The molecule has 0 saturated heterocycles. The molecule has 0 bridgehead atoms. The maximum absolute atomic E-state index is 11.2. The normalized spacial score (nSPS) is 10.4. The maximum Gasteiger partial charge on any atom is 0.335 e. The Morgan fingerprint density at radius 1 is 1.24 bits per heavy atom. The summed E-state index contributed by atoms with van der Waals surface area (Å²) in [6.07, 6.45) is 1.57. The minimum absolute atomic E-state index is 0.250. The van der Waals surface area contributed by atoms with Crippen molar-refractivity contribution in [1.82, 2.24) is 4.98 Å². The quantitative estimate of drug-likeness (QED) is 0.839. The van der Waals surface area contributed by atoms with Crippen LogP contribution >= 0.6 is 15.9 Å². The molecule has 0 atom stereocenters. The van der Waals surface area contributed by atoms with Gasteiger partial charge < -0.3 is 10.4 Å². The number of pyridine rings is 1. The Morgan fingerprint density at radius 2 is 2.00 bits per heavy atom. The lowest BCUT2D eigenvalue weighted by Crippen LogP contribution is -2.04. The topological polar surface area (TPSA) is 62.2 Å². The highest BCUT2D eigenvalue weighted by Gasteiger charge is 2.09. The van der Waals surface area contributed by atoms with Crippen molar-refractivity contribution < 1.29 is 9.90 Å². The summed E-state index contributed by atoms with van der Waals surface area (Å²) in [5.41, 5.74) is 3.09. The van der Waals surface area contributed by atoms with Crippen molar-refractivity contribution in [2.24, 2.45) is 0 Å². The molecule has 1 heterocycles. The van der Waals surface area contributed by atoms with E-state index in [2.05, 4.69) is 33.2 Å². The van der Waals surface area contributed by atoms with Crippen molar-refractivity contribution in [2.45, 2.75) is 26.7 Å². The number of halogens is 1. The molecule has 0 unspecified atom stereocenters. The number of aromatic carboxylic acids is 1. The summed E-state index contributed by atoms with van der Waals surface area (Å²) in [6, 6.07) is 9.12. The minimum atomic E-state index is -0.943. The zero-order valence-electron chi connectivity index (χ0n) is 12.0. The van der Waals surface area contributed by atoms with Crippen LogP contribution in [0.2, 0.25) is 0 Å². The number of carbonyl (C=O) groups is 1. The van der Waals surface area contributed by atoms with Gasteiger partial charge >= 0.3 is 5.97 Å². The summed E-state index contributed by atoms with van der Waals surface area (Å²) in [5.74, 6) is -0.384. The fourth-order valence-electron chi connectivity index (χ4n) is 2.07. The molecule has 0 amide bonds. The second-order valence-corrected chi connectivity index (χ2v) is 5.59. The predicted molar refractivity (Wildman–Crippen MR) is 87.4 cm³/mol. The van der Waals surface area contributed by atoms with Gasteiger partial charge in [0, 0.05) is 15.9 Å². The van der Waals surface area contributed by atoms with E-state index in [1.54, 1.807) is 12.1 Å². The smallest absolute Gasteiger partial charge is 0.335 e. The lowest BCUT2D eigenvalue weighted by molar-refractivity contribution is 0.0696. The first kappa shape index (κ1) is 15.5. The van der Waals surface area contributed by atoms with Crippen molar-refractivity contribution in [3.05, 3.63) is 51.6 Å². The number of carboxylic acids is 1. The molecular formula is C16H17BrN2O2. The Balaban J connectivity index is 2.39. The van der Waals surface area contributed by atoms with E-state index in [9.17, 15) is 9.90 Å². The summed E-state index contributed by atoms with van der Waals surface area (Å²) in [5, 5.41) is 12.4. The molecule has 21 heavy (non-hydrogen) atoms. The van der Waals surface area contributed by atoms with Crippen LogP contribution in [0.15, 0.2) is 34.8 Å². The molecule has 0 fully saturated rings. The number of aromatic nitrogens is 1. The SMILES string of the molecule is CCc1cc(C(=O)O)cc(Nc2ccc(Br)cc2CC)n1. The Hall–Kier alpha value is -1.88. The van der Waals surface area contributed by atoms with Gasteiger partial charge in [-0.05, 0) is 48.7 Å². The van der Waals surface area contributed by atoms with Gasteiger partial charge in [0.2, 0.25) is 0 Å². The van der Waals surface area contributed by atoms with Crippen LogP contribution in [0.4, 0.5) is 11.5 Å². The van der Waals surface area contributed by atoms with Crippen LogP contribution in [0.5, 0.6) is 0 Å². The lowest BCUT2D eigenvalue weighted by atomic mass is 10.1. The van der Waals surface area contributed by atoms with Crippen molar-refractivity contribution in [1.29, 1.82) is 0 Å². The zero-order valence-corrected chi connectivity index (χ0v) is 13.6. The fraction of sp³-hybridized carbons (Fsp3) is 0.250. The summed E-state index contributed by atoms with van der Waals surface area (Å²) in [6.45, 7) is 4.03. The number of rotatable bonds is 5. The third-order valence-corrected chi connectivity index (χ3v) is 3.69. The van der Waals surface area contributed by atoms with Crippen LogP contribution in [-0.2, 0) is 12.8 Å². The van der Waals surface area contributed by atoms with Crippen LogP contribution in [0.25, 0.3) is 0 Å². The molecule has 110 valence electrons. The molecule has 2 aromatic rings. The number of anilines is 2. The number of aryl methyl sites for hydroxylation is 2. The zero-order chi connectivity index (χ0) is 15.4. The first-order chi connectivity index (χ1) is 10.0. The van der Waals surface area contributed by atoms with E-state index >= 15 is 0 Å². The Kier molecular flexibility index (Phi) is 4.96. The van der Waals surface area contributed by atoms with Gasteiger partial charge in [-0.15, -0.1) is 0 Å². The Labute approximate surface area is 132 Å². The summed E-state index contributed by atoms with van der Waals surface area (Å²) >= 11 is 3.45. The van der Waals surface area contributed by atoms with Gasteiger partial charge in [0.05, 0.1) is 5.56 Å². The first-order valence-electron chi connectivity index (χ1n) is 6.83. The highest BCUT2D eigenvalue weighted by atomic mass is 79.9. The van der Waals surface area contributed by atoms with Crippen molar-refractivity contribution in [3.63, 3.8) is 0 Å². The van der Waals surface area contributed by atoms with Gasteiger partial charge in [-0.2, -0.15) is 0 Å². The average Bonchev–Trinajstić information content (AvgIpc) is 2.48. The molecule has 0 spiro atoms. The van der Waals surface area contributed by atoms with Crippen LogP contribution in [0.1, 0.15) is 35.5 Å². The molecule has 0 radical (unpaired) electrons. The van der Waals surface area contributed by atoms with E-state index in [0.717, 1.165) is 27.8 Å². The molecule has 4 nitrogen and oxygen atoms in total. The van der Waals surface area contributed by atoms with E-state index in [4.69, 9.17) is 0 Å². The monoisotopic (exact) mass is 348 g/mol. The number of nitrogens with zero attached hydrogens (tertiary/aromatic N) is 1. The third-order valence-electron chi connectivity index (χ3n) is 3.20. The Morgan fingerprint density at radius 3 is 2.62 bits per heavy atom. The van der Waals surface area contributed by atoms with E-state index in [1.165, 1.54) is 0 Å². The number of carboxylic acid groups (broad SMARTS) is 1. The number of nitrogens with one attached hydrogen (secondary N) is 1. The average molecular weight is 349 g/mol. The van der Waals surface area contributed by atoms with Gasteiger partial charge in [-0.3, -0.25) is 0 Å². The van der Waals surface area contributed by atoms with E-state index in [-0.39, 0.29) is 5.56 Å². The lowest BCUT2D eigenvalue weighted by Gasteiger charge is -2.12. The largest absolute Gasteiger partial charge is 0.478 e. The Bertz CT molecular complexity index is 671. The standard InChI is InChI=1S/C16H17BrN2O2/c1-3-10-7-12(17)5-6-14(10)19-15-9-11(16(20)21)8-13(4-2)18-15/h5-9H,3-4H2,1-2H3,(H,18,19)(H,20,21). The molecule has 2 rings (SSSR count). The molecule has 0 aliphatic carbocycles. The van der Waals surface area contributed by atoms with Crippen LogP contribution in [-0.4, -0.2) is 16.1 Å². The number of hydrogen-bond donors (Lipinski definition) is 2. The number of benzene rings is 1. The molecule has 1 aromatic carbocycles. The summed E-state index contributed by atoms with van der Waals surface area (Å²) in [4.78, 5) is 15.6. The van der Waals surface area contributed by atoms with Crippen molar-refractivity contribution >= 4 is 33.4 Å². The maximum atomic E-state index is 11.2. The molecule has 0 aliphatic heterocycles. The molecular weight excluding hydrogens is 332 g/mol. The third kappa shape index (κ3) is 3.82. The second-order valence-electron chi connectivity index (χ2n) is 4.67. The van der Waals surface area contributed by atoms with Crippen LogP contribution < -0.4 is 5.32 Å². The van der Waals surface area contributed by atoms with Gasteiger partial charge in [0.1, 0.15) is 5.82 Å². The van der Waals surface area contributed by atoms with Crippen molar-refractivity contribution in [3.8, 4) is 0 Å². The summed E-state index contributed by atoms with van der Waals surface area (Å²) < 4.78 is 1.02. The number of hydrogen-bond acceptors (Lipinski definition) is 3. The molecule has 5 heteroatoms. The molecule has 2 N–H and O–H groups in total. The van der Waals surface area contributed by atoms with E-state index in [1.807, 2.05) is 25.1 Å². The highest BCUT2D eigenvalue weighted by molar-refractivity contribution is 9.10. The minimum Gasteiger partial charge on any atom is -0.478 e. The predicted octanol–water partition coefficient (Wildman–Crippen LogP) is 4.41. The van der Waals surface area contributed by atoms with Gasteiger partial charge in [0.15, 0.2) is 0 Å². The molecule has 0 saturated carbocycles. The fourth-order valence-corrected chi connectivity index (χ4v) is 2.48. The molecule has 1 aromatic heterocycles. The van der Waals surface area contributed by atoms with Crippen LogP contribution in [0, 0.1) is 0 Å². The van der Waals surface area contributed by atoms with Crippen LogP contribution in [0.3, 0.4) is 0 Å². The van der Waals surface area contributed by atoms with Gasteiger partial charge in [-0.1, -0.05) is 29.8 Å². The van der Waals surface area contributed by atoms with E-state index < -0.39 is 5.97 Å². The van der Waals surface area contributed by atoms with Gasteiger partial charge in [-0.25, -0.2) is 9.78 Å². The first-order valence-corrected chi connectivity index (χ1v) is 7.62. The van der Waals surface area contributed by atoms with Gasteiger partial charge in [0.25, 0.3) is 0 Å². The van der Waals surface area contributed by atoms with E-state index in [0.29, 0.717) is 12.2 Å². The molecule has 0 aliphatic rings. The van der Waals surface area contributed by atoms with Crippen molar-refractivity contribution in [2.75, 3.05) is 5.32 Å². The second kappa shape index (κ2) is 6.72.